The van der Waals surface area contributed by atoms with Crippen molar-refractivity contribution in [3.05, 3.63) is 64.9 Å². The Morgan fingerprint density at radius 2 is 1.81 bits per heavy atom. The van der Waals surface area contributed by atoms with Gasteiger partial charge in [0.05, 0.1) is 5.02 Å². The third-order valence-electron chi connectivity index (χ3n) is 2.13. The Kier molecular flexibility index (Phi) is 3.42. The van der Waals surface area contributed by atoms with Gasteiger partial charge in [0.2, 0.25) is 0 Å². The molecule has 0 aliphatic carbocycles. The molecule has 0 spiro atoms. The molecule has 0 heterocycles. The van der Waals surface area contributed by atoms with Gasteiger partial charge in [-0.15, -0.1) is 0 Å². The van der Waals surface area contributed by atoms with Crippen LogP contribution in [-0.4, -0.2) is 0 Å². The molecule has 82 valence electrons. The Bertz CT molecular complexity index is 471. The van der Waals surface area contributed by atoms with Gasteiger partial charge >= 0.3 is 0 Å². The summed E-state index contributed by atoms with van der Waals surface area (Å²) in [5.41, 5.74) is 1.02. The second kappa shape index (κ2) is 4.99. The Balaban J connectivity index is 2.08. The van der Waals surface area contributed by atoms with Gasteiger partial charge in [-0.3, -0.25) is 0 Å². The normalized spacial score (nSPS) is 10.1. The summed E-state index contributed by atoms with van der Waals surface area (Å²) >= 11 is 5.87. The molecule has 16 heavy (non-hydrogen) atoms. The van der Waals surface area contributed by atoms with Crippen LogP contribution in [0, 0.1) is 5.82 Å². The molecule has 0 N–H and O–H groups in total. The van der Waals surface area contributed by atoms with Crippen molar-refractivity contribution >= 4 is 11.6 Å². The van der Waals surface area contributed by atoms with Crippen LogP contribution in [-0.2, 0) is 6.61 Å². The monoisotopic (exact) mass is 236 g/mol. The summed E-state index contributed by atoms with van der Waals surface area (Å²) < 4.78 is 18.4. The van der Waals surface area contributed by atoms with Gasteiger partial charge in [0.25, 0.3) is 0 Å². The van der Waals surface area contributed by atoms with Crippen molar-refractivity contribution in [2.24, 2.45) is 0 Å². The summed E-state index contributed by atoms with van der Waals surface area (Å²) in [6.07, 6.45) is 0. The molecule has 0 atom stereocenters. The standard InChI is InChI=1S/C13H10ClFO/c14-12-7-6-11(15)8-13(12)16-9-10-4-2-1-3-5-10/h1-8H,9H2. The van der Waals surface area contributed by atoms with E-state index in [0.29, 0.717) is 17.4 Å². The van der Waals surface area contributed by atoms with Crippen molar-refractivity contribution in [3.8, 4) is 5.75 Å². The van der Waals surface area contributed by atoms with E-state index in [1.165, 1.54) is 18.2 Å². The molecule has 0 saturated carbocycles. The van der Waals surface area contributed by atoms with Crippen molar-refractivity contribution in [2.45, 2.75) is 6.61 Å². The number of rotatable bonds is 3. The van der Waals surface area contributed by atoms with E-state index in [-0.39, 0.29) is 5.82 Å². The number of halogens is 2. The lowest BCUT2D eigenvalue weighted by Crippen LogP contribution is -1.95. The minimum Gasteiger partial charge on any atom is -0.487 e. The maximum atomic E-state index is 12.9. The fraction of sp³-hybridized carbons (Fsp3) is 0.0769. The summed E-state index contributed by atoms with van der Waals surface area (Å²) in [6, 6.07) is 13.7. The lowest BCUT2D eigenvalue weighted by atomic mass is 10.2. The summed E-state index contributed by atoms with van der Waals surface area (Å²) in [6.45, 7) is 0.379. The van der Waals surface area contributed by atoms with Crippen molar-refractivity contribution in [1.82, 2.24) is 0 Å². The molecule has 1 nitrogen and oxygen atoms in total. The zero-order valence-corrected chi connectivity index (χ0v) is 9.25. The van der Waals surface area contributed by atoms with Crippen molar-refractivity contribution in [3.63, 3.8) is 0 Å². The van der Waals surface area contributed by atoms with Gasteiger partial charge < -0.3 is 4.74 Å². The predicted molar refractivity (Wildman–Crippen MR) is 62.2 cm³/mol. The van der Waals surface area contributed by atoms with Gasteiger partial charge in [0.1, 0.15) is 18.2 Å². The first-order valence-electron chi connectivity index (χ1n) is 4.87. The van der Waals surface area contributed by atoms with Gasteiger partial charge in [-0.05, 0) is 17.7 Å². The third kappa shape index (κ3) is 2.74. The molecule has 0 saturated heterocycles. The Hall–Kier alpha value is -1.54. The van der Waals surface area contributed by atoms with E-state index in [9.17, 15) is 4.39 Å². The Morgan fingerprint density at radius 3 is 2.56 bits per heavy atom. The van der Waals surface area contributed by atoms with E-state index < -0.39 is 0 Å². The van der Waals surface area contributed by atoms with Crippen LogP contribution in [0.3, 0.4) is 0 Å². The first kappa shape index (κ1) is 11.0. The molecule has 3 heteroatoms. The van der Waals surface area contributed by atoms with Crippen LogP contribution in [0.1, 0.15) is 5.56 Å². The molecule has 0 amide bonds. The fourth-order valence-corrected chi connectivity index (χ4v) is 1.50. The quantitative estimate of drug-likeness (QED) is 0.781. The average Bonchev–Trinajstić information content (AvgIpc) is 2.32. The Labute approximate surface area is 98.4 Å². The number of ether oxygens (including phenoxy) is 1. The summed E-state index contributed by atoms with van der Waals surface area (Å²) in [4.78, 5) is 0. The van der Waals surface area contributed by atoms with Gasteiger partial charge in [0, 0.05) is 6.07 Å². The van der Waals surface area contributed by atoms with Crippen LogP contribution in [0.4, 0.5) is 4.39 Å². The molecule has 0 bridgehead atoms. The highest BCUT2D eigenvalue weighted by molar-refractivity contribution is 6.32. The number of hydrogen-bond donors (Lipinski definition) is 0. The zero-order chi connectivity index (χ0) is 11.4. The molecule has 0 aromatic heterocycles. The second-order valence-corrected chi connectivity index (χ2v) is 3.76. The van der Waals surface area contributed by atoms with Gasteiger partial charge in [-0.2, -0.15) is 0 Å². The highest BCUT2D eigenvalue weighted by atomic mass is 35.5. The van der Waals surface area contributed by atoms with Gasteiger partial charge in [-0.25, -0.2) is 4.39 Å². The SMILES string of the molecule is Fc1ccc(Cl)c(OCc2ccccc2)c1. The third-order valence-corrected chi connectivity index (χ3v) is 2.44. The van der Waals surface area contributed by atoms with Gasteiger partial charge in [-0.1, -0.05) is 41.9 Å². The molecule has 0 radical (unpaired) electrons. The molecule has 0 aliphatic heterocycles. The minimum atomic E-state index is -0.354. The summed E-state index contributed by atoms with van der Waals surface area (Å²) in [5.74, 6) is 0.0120. The Morgan fingerprint density at radius 1 is 1.06 bits per heavy atom. The molecular weight excluding hydrogens is 227 g/mol. The first-order chi connectivity index (χ1) is 7.75. The van der Waals surface area contributed by atoms with Crippen LogP contribution in [0.5, 0.6) is 5.75 Å². The molecule has 2 aromatic carbocycles. The molecule has 0 unspecified atom stereocenters. The van der Waals surface area contributed by atoms with E-state index in [2.05, 4.69) is 0 Å². The molecule has 2 aromatic rings. The fourth-order valence-electron chi connectivity index (χ4n) is 1.32. The maximum Gasteiger partial charge on any atom is 0.141 e. The molecule has 0 fully saturated rings. The molecule has 0 aliphatic rings. The van der Waals surface area contributed by atoms with Crippen molar-refractivity contribution in [1.29, 1.82) is 0 Å². The molecule has 2 rings (SSSR count). The lowest BCUT2D eigenvalue weighted by Gasteiger charge is -2.07. The zero-order valence-electron chi connectivity index (χ0n) is 8.49. The smallest absolute Gasteiger partial charge is 0.141 e. The molecular formula is C13H10ClFO. The van der Waals surface area contributed by atoms with Crippen LogP contribution in [0.2, 0.25) is 5.02 Å². The van der Waals surface area contributed by atoms with E-state index >= 15 is 0 Å². The van der Waals surface area contributed by atoms with Crippen molar-refractivity contribution in [2.75, 3.05) is 0 Å². The van der Waals surface area contributed by atoms with Crippen LogP contribution in [0.15, 0.2) is 48.5 Å². The maximum absolute atomic E-state index is 12.9. The summed E-state index contributed by atoms with van der Waals surface area (Å²) in [5, 5.41) is 0.414. The van der Waals surface area contributed by atoms with Crippen molar-refractivity contribution < 1.29 is 9.13 Å². The second-order valence-electron chi connectivity index (χ2n) is 3.35. The average molecular weight is 237 g/mol. The van der Waals surface area contributed by atoms with E-state index in [1.807, 2.05) is 30.3 Å². The highest BCUT2D eigenvalue weighted by Gasteiger charge is 2.03. The predicted octanol–water partition coefficient (Wildman–Crippen LogP) is 4.06. The number of hydrogen-bond acceptors (Lipinski definition) is 1. The first-order valence-corrected chi connectivity index (χ1v) is 5.25. The number of benzene rings is 2. The van der Waals surface area contributed by atoms with E-state index in [0.717, 1.165) is 5.56 Å². The minimum absolute atomic E-state index is 0.354. The highest BCUT2D eigenvalue weighted by Crippen LogP contribution is 2.25. The van der Waals surface area contributed by atoms with Crippen LogP contribution in [0.25, 0.3) is 0 Å². The van der Waals surface area contributed by atoms with Gasteiger partial charge in [0.15, 0.2) is 0 Å². The van der Waals surface area contributed by atoms with Crippen LogP contribution >= 0.6 is 11.6 Å². The van der Waals surface area contributed by atoms with E-state index in [1.54, 1.807) is 0 Å². The van der Waals surface area contributed by atoms with E-state index in [4.69, 9.17) is 16.3 Å². The topological polar surface area (TPSA) is 9.23 Å². The summed E-state index contributed by atoms with van der Waals surface area (Å²) in [7, 11) is 0. The van der Waals surface area contributed by atoms with Crippen LogP contribution < -0.4 is 4.74 Å². The lowest BCUT2D eigenvalue weighted by molar-refractivity contribution is 0.305. The largest absolute Gasteiger partial charge is 0.487 e.